The molecule has 0 aliphatic carbocycles. The zero-order chi connectivity index (χ0) is 8.10. The number of piperidine rings is 1. The SMILES string of the molecule is CNC(C)CN1CCCCC1. The Morgan fingerprint density at radius 3 is 2.45 bits per heavy atom. The Morgan fingerprint density at radius 1 is 1.27 bits per heavy atom. The van der Waals surface area contributed by atoms with Gasteiger partial charge in [0.2, 0.25) is 0 Å². The molecule has 1 fully saturated rings. The van der Waals surface area contributed by atoms with Crippen LogP contribution in [0.4, 0.5) is 0 Å². The Morgan fingerprint density at radius 2 is 1.91 bits per heavy atom. The number of nitrogens with one attached hydrogen (secondary N) is 1. The second-order valence-electron chi connectivity index (χ2n) is 3.55. The maximum absolute atomic E-state index is 3.27. The summed E-state index contributed by atoms with van der Waals surface area (Å²) in [6.45, 7) is 6.09. The number of likely N-dealkylation sites (tertiary alicyclic amines) is 1. The van der Waals surface area contributed by atoms with Crippen molar-refractivity contribution in [2.24, 2.45) is 0 Å². The highest BCUT2D eigenvalue weighted by molar-refractivity contribution is 4.69. The minimum atomic E-state index is 0.646. The highest BCUT2D eigenvalue weighted by Crippen LogP contribution is 2.08. The van der Waals surface area contributed by atoms with E-state index >= 15 is 0 Å². The Balaban J connectivity index is 2.13. The lowest BCUT2D eigenvalue weighted by molar-refractivity contribution is 0.212. The number of nitrogens with zero attached hydrogens (tertiary/aromatic N) is 1. The third-order valence-corrected chi connectivity index (χ3v) is 2.47. The van der Waals surface area contributed by atoms with E-state index in [9.17, 15) is 0 Å². The molecule has 0 radical (unpaired) electrons. The molecule has 0 amide bonds. The van der Waals surface area contributed by atoms with Gasteiger partial charge in [-0.3, -0.25) is 0 Å². The van der Waals surface area contributed by atoms with Crippen molar-refractivity contribution in [2.75, 3.05) is 26.7 Å². The van der Waals surface area contributed by atoms with Gasteiger partial charge >= 0.3 is 0 Å². The van der Waals surface area contributed by atoms with Crippen LogP contribution >= 0.6 is 0 Å². The lowest BCUT2D eigenvalue weighted by Crippen LogP contribution is -2.40. The van der Waals surface area contributed by atoms with Crippen LogP contribution in [0.1, 0.15) is 26.2 Å². The number of rotatable bonds is 3. The van der Waals surface area contributed by atoms with E-state index in [0.29, 0.717) is 6.04 Å². The fourth-order valence-electron chi connectivity index (χ4n) is 1.62. The molecule has 1 unspecified atom stereocenters. The molecule has 0 saturated carbocycles. The van der Waals surface area contributed by atoms with Crippen LogP contribution in [-0.2, 0) is 0 Å². The summed E-state index contributed by atoms with van der Waals surface area (Å²) in [6, 6.07) is 0.646. The first-order valence-corrected chi connectivity index (χ1v) is 4.72. The van der Waals surface area contributed by atoms with Gasteiger partial charge in [-0.15, -0.1) is 0 Å². The summed E-state index contributed by atoms with van der Waals surface area (Å²) in [6.07, 6.45) is 4.23. The van der Waals surface area contributed by atoms with Crippen LogP contribution in [0, 0.1) is 0 Å². The molecule has 1 atom stereocenters. The Hall–Kier alpha value is -0.0800. The van der Waals surface area contributed by atoms with Gasteiger partial charge in [0.1, 0.15) is 0 Å². The second-order valence-corrected chi connectivity index (χ2v) is 3.55. The van der Waals surface area contributed by atoms with Crippen molar-refractivity contribution >= 4 is 0 Å². The summed E-state index contributed by atoms with van der Waals surface area (Å²) in [7, 11) is 2.04. The maximum Gasteiger partial charge on any atom is 0.0163 e. The fraction of sp³-hybridized carbons (Fsp3) is 1.00. The van der Waals surface area contributed by atoms with Crippen molar-refractivity contribution in [1.29, 1.82) is 0 Å². The lowest BCUT2D eigenvalue weighted by Gasteiger charge is -2.28. The molecule has 11 heavy (non-hydrogen) atoms. The van der Waals surface area contributed by atoms with E-state index in [0.717, 1.165) is 0 Å². The molecule has 0 aromatic heterocycles. The second kappa shape index (κ2) is 4.73. The number of hydrogen-bond acceptors (Lipinski definition) is 2. The van der Waals surface area contributed by atoms with Crippen molar-refractivity contribution < 1.29 is 0 Å². The van der Waals surface area contributed by atoms with Crippen LogP contribution in [0.5, 0.6) is 0 Å². The molecule has 1 aliphatic heterocycles. The predicted molar refractivity (Wildman–Crippen MR) is 48.8 cm³/mol. The normalized spacial score (nSPS) is 23.5. The third-order valence-electron chi connectivity index (χ3n) is 2.47. The summed E-state index contributed by atoms with van der Waals surface area (Å²) < 4.78 is 0. The van der Waals surface area contributed by atoms with E-state index in [1.54, 1.807) is 0 Å². The van der Waals surface area contributed by atoms with Gasteiger partial charge in [0, 0.05) is 12.6 Å². The van der Waals surface area contributed by atoms with Gasteiger partial charge < -0.3 is 10.2 Å². The monoisotopic (exact) mass is 156 g/mol. The molecule has 1 aliphatic rings. The number of likely N-dealkylation sites (N-methyl/N-ethyl adjacent to an activating group) is 1. The minimum absolute atomic E-state index is 0.646. The van der Waals surface area contributed by atoms with E-state index < -0.39 is 0 Å². The van der Waals surface area contributed by atoms with E-state index in [1.165, 1.54) is 38.9 Å². The van der Waals surface area contributed by atoms with Gasteiger partial charge in [-0.1, -0.05) is 6.42 Å². The van der Waals surface area contributed by atoms with Crippen molar-refractivity contribution in [1.82, 2.24) is 10.2 Å². The summed E-state index contributed by atoms with van der Waals surface area (Å²) in [5, 5.41) is 3.27. The first-order valence-electron chi connectivity index (χ1n) is 4.72. The quantitative estimate of drug-likeness (QED) is 0.658. The third kappa shape index (κ3) is 3.21. The Kier molecular flexibility index (Phi) is 3.87. The van der Waals surface area contributed by atoms with E-state index in [-0.39, 0.29) is 0 Å². The van der Waals surface area contributed by atoms with Gasteiger partial charge in [0.25, 0.3) is 0 Å². The first kappa shape index (κ1) is 9.01. The average molecular weight is 156 g/mol. The molecule has 66 valence electrons. The van der Waals surface area contributed by atoms with Gasteiger partial charge in [0.15, 0.2) is 0 Å². The molecule has 2 nitrogen and oxygen atoms in total. The smallest absolute Gasteiger partial charge is 0.0163 e. The molecule has 0 spiro atoms. The molecule has 1 heterocycles. The van der Waals surface area contributed by atoms with Crippen molar-refractivity contribution in [3.8, 4) is 0 Å². The maximum atomic E-state index is 3.27. The van der Waals surface area contributed by atoms with Gasteiger partial charge in [-0.05, 0) is 39.9 Å². The standard InChI is InChI=1S/C9H20N2/c1-9(10-2)8-11-6-4-3-5-7-11/h9-10H,3-8H2,1-2H3. The summed E-state index contributed by atoms with van der Waals surface area (Å²) in [5.74, 6) is 0. The highest BCUT2D eigenvalue weighted by Gasteiger charge is 2.11. The lowest BCUT2D eigenvalue weighted by atomic mass is 10.1. The van der Waals surface area contributed by atoms with Crippen molar-refractivity contribution in [3.05, 3.63) is 0 Å². The van der Waals surface area contributed by atoms with E-state index in [4.69, 9.17) is 0 Å². The van der Waals surface area contributed by atoms with Crippen LogP contribution in [-0.4, -0.2) is 37.6 Å². The molecular formula is C9H20N2. The summed E-state index contributed by atoms with van der Waals surface area (Å²) in [5.41, 5.74) is 0. The van der Waals surface area contributed by atoms with Gasteiger partial charge in [0.05, 0.1) is 0 Å². The van der Waals surface area contributed by atoms with Crippen LogP contribution in [0.2, 0.25) is 0 Å². The first-order chi connectivity index (χ1) is 5.33. The van der Waals surface area contributed by atoms with Gasteiger partial charge in [-0.2, -0.15) is 0 Å². The van der Waals surface area contributed by atoms with Crippen LogP contribution in [0.15, 0.2) is 0 Å². The molecular weight excluding hydrogens is 136 g/mol. The summed E-state index contributed by atoms with van der Waals surface area (Å²) >= 11 is 0. The predicted octanol–water partition coefficient (Wildman–Crippen LogP) is 1.08. The average Bonchev–Trinajstić information content (AvgIpc) is 2.06. The molecule has 1 rings (SSSR count). The molecule has 1 saturated heterocycles. The van der Waals surface area contributed by atoms with Crippen molar-refractivity contribution in [3.63, 3.8) is 0 Å². The molecule has 0 bridgehead atoms. The highest BCUT2D eigenvalue weighted by atomic mass is 15.1. The van der Waals surface area contributed by atoms with Crippen LogP contribution in [0.25, 0.3) is 0 Å². The Bertz CT molecular complexity index is 97.7. The van der Waals surface area contributed by atoms with Crippen LogP contribution < -0.4 is 5.32 Å². The topological polar surface area (TPSA) is 15.3 Å². The van der Waals surface area contributed by atoms with E-state index in [1.807, 2.05) is 7.05 Å². The zero-order valence-electron chi connectivity index (χ0n) is 7.77. The zero-order valence-corrected chi connectivity index (χ0v) is 7.77. The number of hydrogen-bond donors (Lipinski definition) is 1. The molecule has 2 heteroatoms. The molecule has 0 aromatic carbocycles. The van der Waals surface area contributed by atoms with Gasteiger partial charge in [-0.25, -0.2) is 0 Å². The largest absolute Gasteiger partial charge is 0.316 e. The van der Waals surface area contributed by atoms with Crippen LogP contribution in [0.3, 0.4) is 0 Å². The molecule has 0 aromatic rings. The minimum Gasteiger partial charge on any atom is -0.316 e. The van der Waals surface area contributed by atoms with Crippen molar-refractivity contribution in [2.45, 2.75) is 32.2 Å². The Labute approximate surface area is 70.0 Å². The fourth-order valence-corrected chi connectivity index (χ4v) is 1.62. The molecule has 1 N–H and O–H groups in total. The van der Waals surface area contributed by atoms with E-state index in [2.05, 4.69) is 17.1 Å². The summed E-state index contributed by atoms with van der Waals surface area (Å²) in [4.78, 5) is 2.56.